The molecule has 0 fully saturated rings. The van der Waals surface area contributed by atoms with E-state index in [9.17, 15) is 0 Å². The minimum absolute atomic E-state index is 0.814. The lowest BCUT2D eigenvalue weighted by Gasteiger charge is -2.10. The van der Waals surface area contributed by atoms with E-state index in [-0.39, 0.29) is 0 Å². The van der Waals surface area contributed by atoms with Crippen molar-refractivity contribution in [3.8, 4) is 22.5 Å². The zero-order valence-corrected chi connectivity index (χ0v) is 13.9. The van der Waals surface area contributed by atoms with Gasteiger partial charge < -0.3 is 0 Å². The first-order chi connectivity index (χ1) is 12.9. The molecule has 0 aliphatic rings. The summed E-state index contributed by atoms with van der Waals surface area (Å²) in [5.74, 6) is 0. The Morgan fingerprint density at radius 3 is 1.46 bits per heavy atom. The second kappa shape index (κ2) is 6.01. The summed E-state index contributed by atoms with van der Waals surface area (Å²) in [7, 11) is 0. The Hall–Kier alpha value is -3.66. The van der Waals surface area contributed by atoms with E-state index < -0.39 is 0 Å². The second-order valence-corrected chi connectivity index (χ2v) is 6.09. The van der Waals surface area contributed by atoms with Crippen molar-refractivity contribution in [3.05, 3.63) is 85.5 Å². The predicted molar refractivity (Wildman–Crippen MR) is 104 cm³/mol. The van der Waals surface area contributed by atoms with Crippen LogP contribution in [0.5, 0.6) is 0 Å². The van der Waals surface area contributed by atoms with E-state index in [0.717, 1.165) is 44.3 Å². The maximum absolute atomic E-state index is 4.94. The highest BCUT2D eigenvalue weighted by Gasteiger charge is 2.14. The first-order valence-electron chi connectivity index (χ1n) is 8.40. The Balaban J connectivity index is 1.86. The fourth-order valence-electron chi connectivity index (χ4n) is 3.15. The first-order valence-corrected chi connectivity index (χ1v) is 8.40. The van der Waals surface area contributed by atoms with Crippen LogP contribution in [0.3, 0.4) is 0 Å². The second-order valence-electron chi connectivity index (χ2n) is 6.09. The van der Waals surface area contributed by atoms with Gasteiger partial charge in [0, 0.05) is 35.9 Å². The molecule has 26 heavy (non-hydrogen) atoms. The number of aromatic nitrogens is 4. The molecule has 5 rings (SSSR count). The molecule has 4 heteroatoms. The summed E-state index contributed by atoms with van der Waals surface area (Å²) in [5, 5.41) is 2.31. The van der Waals surface area contributed by atoms with Crippen LogP contribution >= 0.6 is 0 Å². The minimum atomic E-state index is 0.814. The SMILES string of the molecule is c1cncc(-c2nc3cc4ccccc4cc3nc2-c2cccnc2)c1. The normalized spacial score (nSPS) is 11.1. The summed E-state index contributed by atoms with van der Waals surface area (Å²) in [6, 6.07) is 20.3. The molecule has 122 valence electrons. The molecule has 0 saturated carbocycles. The molecule has 3 aromatic heterocycles. The van der Waals surface area contributed by atoms with Gasteiger partial charge in [-0.1, -0.05) is 24.3 Å². The van der Waals surface area contributed by atoms with Gasteiger partial charge >= 0.3 is 0 Å². The first kappa shape index (κ1) is 14.7. The maximum atomic E-state index is 4.94. The minimum Gasteiger partial charge on any atom is -0.264 e. The standard InChI is InChI=1S/C22H14N4/c1-2-6-16-12-20-19(11-15(16)5-1)25-21(17-7-3-9-23-13-17)22(26-20)18-8-4-10-24-14-18/h1-14H. The summed E-state index contributed by atoms with van der Waals surface area (Å²) in [6.45, 7) is 0. The Morgan fingerprint density at radius 2 is 1.04 bits per heavy atom. The highest BCUT2D eigenvalue weighted by Crippen LogP contribution is 2.31. The third kappa shape index (κ3) is 2.48. The quantitative estimate of drug-likeness (QED) is 0.431. The number of rotatable bonds is 2. The molecular formula is C22H14N4. The molecule has 0 N–H and O–H groups in total. The van der Waals surface area contributed by atoms with Crippen molar-refractivity contribution in [2.45, 2.75) is 0 Å². The van der Waals surface area contributed by atoms with Crippen molar-refractivity contribution in [1.29, 1.82) is 0 Å². The molecule has 0 aliphatic carbocycles. The monoisotopic (exact) mass is 334 g/mol. The van der Waals surface area contributed by atoms with Gasteiger partial charge in [-0.2, -0.15) is 0 Å². The maximum Gasteiger partial charge on any atom is 0.0989 e. The van der Waals surface area contributed by atoms with E-state index in [4.69, 9.17) is 9.97 Å². The van der Waals surface area contributed by atoms with Gasteiger partial charge in [0.25, 0.3) is 0 Å². The van der Waals surface area contributed by atoms with Crippen LogP contribution in [0.1, 0.15) is 0 Å². The zero-order chi connectivity index (χ0) is 17.3. The fraction of sp³-hybridized carbons (Fsp3) is 0. The van der Waals surface area contributed by atoms with Crippen molar-refractivity contribution in [3.63, 3.8) is 0 Å². The lowest BCUT2D eigenvalue weighted by molar-refractivity contribution is 1.25. The molecule has 5 aromatic rings. The lowest BCUT2D eigenvalue weighted by atomic mass is 10.0. The zero-order valence-electron chi connectivity index (χ0n) is 13.9. The average molecular weight is 334 g/mol. The molecule has 0 radical (unpaired) electrons. The van der Waals surface area contributed by atoms with Crippen LogP contribution < -0.4 is 0 Å². The third-order valence-corrected chi connectivity index (χ3v) is 4.40. The number of hydrogen-bond donors (Lipinski definition) is 0. The van der Waals surface area contributed by atoms with Crippen LogP contribution in [0, 0.1) is 0 Å². The highest BCUT2D eigenvalue weighted by atomic mass is 14.8. The molecule has 0 unspecified atom stereocenters. The molecule has 3 heterocycles. The van der Waals surface area contributed by atoms with Gasteiger partial charge in [-0.15, -0.1) is 0 Å². The Kier molecular flexibility index (Phi) is 3.39. The van der Waals surface area contributed by atoms with Crippen LogP contribution in [-0.2, 0) is 0 Å². The van der Waals surface area contributed by atoms with Crippen LogP contribution in [-0.4, -0.2) is 19.9 Å². The van der Waals surface area contributed by atoms with Crippen LogP contribution in [0.15, 0.2) is 85.5 Å². The van der Waals surface area contributed by atoms with Gasteiger partial charge in [0.2, 0.25) is 0 Å². The summed E-state index contributed by atoms with van der Waals surface area (Å²) in [5.41, 5.74) is 5.25. The number of nitrogens with zero attached hydrogens (tertiary/aromatic N) is 4. The number of pyridine rings is 2. The largest absolute Gasteiger partial charge is 0.264 e. The molecule has 0 saturated heterocycles. The van der Waals surface area contributed by atoms with E-state index in [1.165, 1.54) is 0 Å². The number of fused-ring (bicyclic) bond motifs is 2. The molecule has 2 aromatic carbocycles. The van der Waals surface area contributed by atoms with Gasteiger partial charge in [-0.05, 0) is 47.2 Å². The molecule has 0 spiro atoms. The van der Waals surface area contributed by atoms with Crippen LogP contribution in [0.4, 0.5) is 0 Å². The number of benzene rings is 2. The molecule has 0 bridgehead atoms. The van der Waals surface area contributed by atoms with E-state index in [1.807, 2.05) is 48.8 Å². The molecule has 0 aliphatic heterocycles. The predicted octanol–water partition coefficient (Wildman–Crippen LogP) is 4.91. The molecule has 0 atom stereocenters. The van der Waals surface area contributed by atoms with Crippen molar-refractivity contribution in [2.75, 3.05) is 0 Å². The summed E-state index contributed by atoms with van der Waals surface area (Å²) >= 11 is 0. The van der Waals surface area contributed by atoms with Crippen LogP contribution in [0.25, 0.3) is 44.3 Å². The molecule has 4 nitrogen and oxygen atoms in total. The Labute approximate surface area is 150 Å². The lowest BCUT2D eigenvalue weighted by Crippen LogP contribution is -1.96. The summed E-state index contributed by atoms with van der Waals surface area (Å²) in [6.07, 6.45) is 7.15. The summed E-state index contributed by atoms with van der Waals surface area (Å²) in [4.78, 5) is 18.4. The van der Waals surface area contributed by atoms with Gasteiger partial charge in [0.05, 0.1) is 22.4 Å². The van der Waals surface area contributed by atoms with Crippen molar-refractivity contribution >= 4 is 21.8 Å². The Morgan fingerprint density at radius 1 is 0.538 bits per heavy atom. The van der Waals surface area contributed by atoms with Crippen molar-refractivity contribution in [1.82, 2.24) is 19.9 Å². The van der Waals surface area contributed by atoms with Crippen molar-refractivity contribution < 1.29 is 0 Å². The number of hydrogen-bond acceptors (Lipinski definition) is 4. The van der Waals surface area contributed by atoms with Crippen LogP contribution in [0.2, 0.25) is 0 Å². The van der Waals surface area contributed by atoms with Gasteiger partial charge in [-0.3, -0.25) is 9.97 Å². The van der Waals surface area contributed by atoms with Gasteiger partial charge in [0.1, 0.15) is 0 Å². The fourth-order valence-corrected chi connectivity index (χ4v) is 3.15. The topological polar surface area (TPSA) is 51.6 Å². The highest BCUT2D eigenvalue weighted by molar-refractivity contribution is 5.97. The molecular weight excluding hydrogens is 320 g/mol. The van der Waals surface area contributed by atoms with E-state index in [1.54, 1.807) is 12.4 Å². The van der Waals surface area contributed by atoms with E-state index in [0.29, 0.717) is 0 Å². The van der Waals surface area contributed by atoms with Crippen molar-refractivity contribution in [2.24, 2.45) is 0 Å². The van der Waals surface area contributed by atoms with Gasteiger partial charge in [0.15, 0.2) is 0 Å². The average Bonchev–Trinajstić information content (AvgIpc) is 2.72. The van der Waals surface area contributed by atoms with E-state index in [2.05, 4.69) is 34.2 Å². The van der Waals surface area contributed by atoms with Gasteiger partial charge in [-0.25, -0.2) is 9.97 Å². The van der Waals surface area contributed by atoms with E-state index >= 15 is 0 Å². The Bertz CT molecular complexity index is 1120. The third-order valence-electron chi connectivity index (χ3n) is 4.40. The smallest absolute Gasteiger partial charge is 0.0989 e. The molecule has 0 amide bonds. The summed E-state index contributed by atoms with van der Waals surface area (Å²) < 4.78 is 0.